The summed E-state index contributed by atoms with van der Waals surface area (Å²) in [6.07, 6.45) is 10.0. The molecule has 1 aromatic rings. The monoisotopic (exact) mass is 322 g/mol. The summed E-state index contributed by atoms with van der Waals surface area (Å²) in [6.45, 7) is 0. The molecule has 0 fully saturated rings. The summed E-state index contributed by atoms with van der Waals surface area (Å²) in [5, 5.41) is 0. The molecule has 0 heterocycles. The number of benzene rings is 1. The Morgan fingerprint density at radius 1 is 1.00 bits per heavy atom. The van der Waals surface area contributed by atoms with Gasteiger partial charge in [-0.05, 0) is 0 Å². The van der Waals surface area contributed by atoms with E-state index in [4.69, 9.17) is 0 Å². The second-order valence-corrected chi connectivity index (χ2v) is 2.08. The summed E-state index contributed by atoms with van der Waals surface area (Å²) < 4.78 is 0. The molecule has 0 amide bonds. The van der Waals surface area contributed by atoms with Gasteiger partial charge in [0.25, 0.3) is 0 Å². The van der Waals surface area contributed by atoms with Crippen molar-refractivity contribution < 1.29 is 25.8 Å². The summed E-state index contributed by atoms with van der Waals surface area (Å²) in [5.74, 6) is 0. The molecule has 2 rings (SSSR count). The standard InChI is InChI=1S/C6H5.C5H5.Hf/c1-2-4-6-5-3-1;1-2-4-5-3-1;/h1-5H;1-3H,4H2;/q2*-1;. The summed E-state index contributed by atoms with van der Waals surface area (Å²) in [7, 11) is 0. The molecule has 0 radical (unpaired) electrons. The average molecular weight is 321 g/mol. The normalized spacial score (nSPS) is 11.3. The first-order chi connectivity index (χ1) is 5.50. The Labute approximate surface area is 92.8 Å². The minimum absolute atomic E-state index is 0. The van der Waals surface area contributed by atoms with Crippen LogP contribution in [0, 0.1) is 12.1 Å². The van der Waals surface area contributed by atoms with Crippen molar-refractivity contribution in [3.05, 3.63) is 60.7 Å². The zero-order chi connectivity index (χ0) is 7.78. The van der Waals surface area contributed by atoms with Gasteiger partial charge in [-0.3, -0.25) is 6.08 Å². The van der Waals surface area contributed by atoms with Gasteiger partial charge in [-0.2, -0.15) is 42.5 Å². The molecular weight excluding hydrogens is 311 g/mol. The minimum Gasteiger partial charge on any atom is -0.273 e. The third-order valence-corrected chi connectivity index (χ3v) is 1.19. The van der Waals surface area contributed by atoms with Gasteiger partial charge < -0.3 is 0 Å². The third kappa shape index (κ3) is 6.29. The van der Waals surface area contributed by atoms with E-state index in [2.05, 4.69) is 18.2 Å². The Hall–Kier alpha value is -0.430. The van der Waals surface area contributed by atoms with Crippen molar-refractivity contribution in [3.8, 4) is 0 Å². The molecule has 1 aliphatic rings. The van der Waals surface area contributed by atoms with Crippen molar-refractivity contribution in [2.24, 2.45) is 0 Å². The molecule has 0 unspecified atom stereocenters. The number of hydrogen-bond donors (Lipinski definition) is 0. The van der Waals surface area contributed by atoms with Gasteiger partial charge in [0.1, 0.15) is 0 Å². The number of allylic oxidation sites excluding steroid dienone is 4. The van der Waals surface area contributed by atoms with E-state index < -0.39 is 0 Å². The molecule has 0 atom stereocenters. The van der Waals surface area contributed by atoms with E-state index in [0.717, 1.165) is 6.42 Å². The van der Waals surface area contributed by atoms with Crippen LogP contribution in [0.25, 0.3) is 0 Å². The van der Waals surface area contributed by atoms with E-state index in [-0.39, 0.29) is 25.8 Å². The second-order valence-electron chi connectivity index (χ2n) is 2.08. The van der Waals surface area contributed by atoms with Crippen LogP contribution in [0.5, 0.6) is 0 Å². The molecule has 60 valence electrons. The van der Waals surface area contributed by atoms with E-state index >= 15 is 0 Å². The van der Waals surface area contributed by atoms with Crippen LogP contribution >= 0.6 is 0 Å². The molecule has 1 heteroatoms. The van der Waals surface area contributed by atoms with E-state index in [9.17, 15) is 0 Å². The fraction of sp³-hybridized carbons (Fsp3) is 0.0909. The van der Waals surface area contributed by atoms with Crippen LogP contribution in [0.4, 0.5) is 0 Å². The Bertz CT molecular complexity index is 187. The maximum atomic E-state index is 2.99. The van der Waals surface area contributed by atoms with Crippen LogP contribution in [0.1, 0.15) is 6.42 Å². The predicted molar refractivity (Wildman–Crippen MR) is 46.8 cm³/mol. The summed E-state index contributed by atoms with van der Waals surface area (Å²) in [5.41, 5.74) is 0. The fourth-order valence-electron chi connectivity index (χ4n) is 0.682. The molecule has 0 saturated heterocycles. The molecule has 1 aromatic carbocycles. The number of hydrogen-bond acceptors (Lipinski definition) is 0. The molecule has 12 heavy (non-hydrogen) atoms. The number of rotatable bonds is 0. The molecule has 0 nitrogen and oxygen atoms in total. The zero-order valence-electron chi connectivity index (χ0n) is 6.83. The Morgan fingerprint density at radius 2 is 1.75 bits per heavy atom. The molecular formula is C11H10Hf-2. The first-order valence-electron chi connectivity index (χ1n) is 3.63. The SMILES string of the molecule is [C-]1=CC=CC1.[Hf].[c-]1ccccc1. The van der Waals surface area contributed by atoms with Gasteiger partial charge in [0.15, 0.2) is 0 Å². The van der Waals surface area contributed by atoms with Crippen LogP contribution in [0.2, 0.25) is 0 Å². The Kier molecular flexibility index (Phi) is 8.35. The first kappa shape index (κ1) is 11.6. The van der Waals surface area contributed by atoms with Crippen molar-refractivity contribution in [2.75, 3.05) is 0 Å². The van der Waals surface area contributed by atoms with Crippen LogP contribution < -0.4 is 0 Å². The van der Waals surface area contributed by atoms with Crippen LogP contribution in [-0.2, 0) is 25.8 Å². The molecule has 0 saturated carbocycles. The van der Waals surface area contributed by atoms with E-state index in [0.29, 0.717) is 0 Å². The predicted octanol–water partition coefficient (Wildman–Crippen LogP) is 2.79. The van der Waals surface area contributed by atoms with Gasteiger partial charge in [-0.15, -0.1) is 6.42 Å². The smallest absolute Gasteiger partial charge is 0 e. The van der Waals surface area contributed by atoms with Crippen molar-refractivity contribution in [1.82, 2.24) is 0 Å². The van der Waals surface area contributed by atoms with Gasteiger partial charge in [0.05, 0.1) is 0 Å². The van der Waals surface area contributed by atoms with Crippen LogP contribution in [0.3, 0.4) is 0 Å². The largest absolute Gasteiger partial charge is 0.273 e. The van der Waals surface area contributed by atoms with Crippen LogP contribution in [-0.4, -0.2) is 0 Å². The molecule has 0 bridgehead atoms. The molecule has 0 aromatic heterocycles. The van der Waals surface area contributed by atoms with E-state index in [1.807, 2.05) is 42.5 Å². The van der Waals surface area contributed by atoms with Crippen LogP contribution in [0.15, 0.2) is 48.6 Å². The summed E-state index contributed by atoms with van der Waals surface area (Å²) in [4.78, 5) is 0. The average Bonchev–Trinajstić information content (AvgIpc) is 2.64. The van der Waals surface area contributed by atoms with Crippen molar-refractivity contribution >= 4 is 0 Å². The Morgan fingerprint density at radius 3 is 1.92 bits per heavy atom. The Balaban J connectivity index is 0.000000189. The zero-order valence-corrected chi connectivity index (χ0v) is 10.4. The van der Waals surface area contributed by atoms with Crippen molar-refractivity contribution in [2.45, 2.75) is 6.42 Å². The second kappa shape index (κ2) is 8.66. The molecule has 1 aliphatic carbocycles. The maximum absolute atomic E-state index is 2.99. The summed E-state index contributed by atoms with van der Waals surface area (Å²) in [6, 6.07) is 12.5. The van der Waals surface area contributed by atoms with E-state index in [1.165, 1.54) is 0 Å². The molecule has 0 N–H and O–H groups in total. The fourth-order valence-corrected chi connectivity index (χ4v) is 0.682. The molecule has 0 aliphatic heterocycles. The van der Waals surface area contributed by atoms with Gasteiger partial charge in [-0.1, -0.05) is 0 Å². The summed E-state index contributed by atoms with van der Waals surface area (Å²) >= 11 is 0. The van der Waals surface area contributed by atoms with E-state index in [1.54, 1.807) is 0 Å². The van der Waals surface area contributed by atoms with Gasteiger partial charge in [0, 0.05) is 25.8 Å². The van der Waals surface area contributed by atoms with Crippen molar-refractivity contribution in [1.29, 1.82) is 0 Å². The third-order valence-electron chi connectivity index (χ3n) is 1.19. The van der Waals surface area contributed by atoms with Gasteiger partial charge in [0.2, 0.25) is 0 Å². The minimum atomic E-state index is 0. The topological polar surface area (TPSA) is 0 Å². The first-order valence-corrected chi connectivity index (χ1v) is 3.63. The van der Waals surface area contributed by atoms with Gasteiger partial charge in [-0.25, -0.2) is 12.2 Å². The quantitative estimate of drug-likeness (QED) is 0.509. The maximum Gasteiger partial charge on any atom is 0 e. The molecule has 0 spiro atoms. The van der Waals surface area contributed by atoms with Gasteiger partial charge >= 0.3 is 0 Å². The van der Waals surface area contributed by atoms with Crippen molar-refractivity contribution in [3.63, 3.8) is 0 Å².